The molecule has 0 aliphatic carbocycles. The number of hydrogen-bond acceptors (Lipinski definition) is 4. The minimum absolute atomic E-state index is 0.0425. The zero-order chi connectivity index (χ0) is 22.5. The molecule has 1 aliphatic heterocycles. The van der Waals surface area contributed by atoms with Gasteiger partial charge in [0.15, 0.2) is 11.5 Å². The number of hydrogen-bond donors (Lipinski definition) is 1. The lowest BCUT2D eigenvalue weighted by atomic mass is 10.0. The molecule has 0 saturated carbocycles. The van der Waals surface area contributed by atoms with Gasteiger partial charge in [-0.1, -0.05) is 55.5 Å². The van der Waals surface area contributed by atoms with Crippen molar-refractivity contribution in [1.29, 1.82) is 0 Å². The molecule has 32 heavy (non-hydrogen) atoms. The fourth-order valence-corrected chi connectivity index (χ4v) is 4.06. The van der Waals surface area contributed by atoms with Crippen molar-refractivity contribution < 1.29 is 14.3 Å². The van der Waals surface area contributed by atoms with E-state index in [1.165, 1.54) is 5.56 Å². The Morgan fingerprint density at radius 1 is 1.00 bits per heavy atom. The first-order chi connectivity index (χ1) is 15.6. The van der Waals surface area contributed by atoms with Crippen LogP contribution >= 0.6 is 0 Å². The Bertz CT molecular complexity index is 1070. The van der Waals surface area contributed by atoms with E-state index in [-0.39, 0.29) is 18.1 Å². The number of methoxy groups -OCH3 is 1. The molecule has 2 atom stereocenters. The van der Waals surface area contributed by atoms with Crippen molar-refractivity contribution in [2.75, 3.05) is 19.0 Å². The van der Waals surface area contributed by atoms with Crippen molar-refractivity contribution in [2.24, 2.45) is 0 Å². The highest BCUT2D eigenvalue weighted by Gasteiger charge is 2.35. The minimum Gasteiger partial charge on any atom is -0.493 e. The van der Waals surface area contributed by atoms with Crippen LogP contribution in [-0.4, -0.2) is 30.6 Å². The number of para-hydroxylation sites is 1. The van der Waals surface area contributed by atoms with Gasteiger partial charge in [0.1, 0.15) is 6.17 Å². The number of amides is 1. The fraction of sp³-hybridized carbons (Fsp3) is 0.296. The van der Waals surface area contributed by atoms with Gasteiger partial charge in [0.25, 0.3) is 5.91 Å². The highest BCUT2D eigenvalue weighted by atomic mass is 16.5. The second-order valence-corrected chi connectivity index (χ2v) is 8.06. The van der Waals surface area contributed by atoms with Gasteiger partial charge in [-0.05, 0) is 48.7 Å². The van der Waals surface area contributed by atoms with E-state index >= 15 is 0 Å². The SMILES string of the molecule is CCC(C)N1C(=O)c2ccccc2NC1c1ccc(OCCc2ccccc2)c(OC)c1. The molecule has 0 aromatic heterocycles. The van der Waals surface area contributed by atoms with Gasteiger partial charge >= 0.3 is 0 Å². The first-order valence-corrected chi connectivity index (χ1v) is 11.1. The summed E-state index contributed by atoms with van der Waals surface area (Å²) >= 11 is 0. The second-order valence-electron chi connectivity index (χ2n) is 8.06. The van der Waals surface area contributed by atoms with Crippen molar-refractivity contribution in [3.63, 3.8) is 0 Å². The van der Waals surface area contributed by atoms with Crippen molar-refractivity contribution in [3.8, 4) is 11.5 Å². The highest BCUT2D eigenvalue weighted by Crippen LogP contribution is 2.38. The van der Waals surface area contributed by atoms with E-state index in [1.807, 2.05) is 65.6 Å². The van der Waals surface area contributed by atoms with Gasteiger partial charge in [-0.15, -0.1) is 0 Å². The molecule has 0 fully saturated rings. The normalized spacial score (nSPS) is 16.2. The predicted molar refractivity (Wildman–Crippen MR) is 127 cm³/mol. The third-order valence-electron chi connectivity index (χ3n) is 6.02. The van der Waals surface area contributed by atoms with Crippen LogP contribution in [0.4, 0.5) is 5.69 Å². The lowest BCUT2D eigenvalue weighted by Crippen LogP contribution is -2.47. The zero-order valence-corrected chi connectivity index (χ0v) is 18.9. The monoisotopic (exact) mass is 430 g/mol. The summed E-state index contributed by atoms with van der Waals surface area (Å²) in [5.41, 5.74) is 3.75. The predicted octanol–water partition coefficient (Wildman–Crippen LogP) is 5.68. The molecule has 0 spiro atoms. The lowest BCUT2D eigenvalue weighted by Gasteiger charge is -2.41. The van der Waals surface area contributed by atoms with Gasteiger partial charge in [0.2, 0.25) is 0 Å². The maximum absolute atomic E-state index is 13.3. The Hall–Kier alpha value is -3.47. The second kappa shape index (κ2) is 9.77. The van der Waals surface area contributed by atoms with E-state index in [0.717, 1.165) is 24.1 Å². The number of nitrogens with one attached hydrogen (secondary N) is 1. The molecule has 0 radical (unpaired) electrons. The van der Waals surface area contributed by atoms with Crippen LogP contribution in [0.1, 0.15) is 47.9 Å². The Balaban J connectivity index is 1.58. The van der Waals surface area contributed by atoms with E-state index in [2.05, 4.69) is 31.3 Å². The molecular weight excluding hydrogens is 400 g/mol. The summed E-state index contributed by atoms with van der Waals surface area (Å²) in [7, 11) is 1.64. The summed E-state index contributed by atoms with van der Waals surface area (Å²) in [6, 6.07) is 23.9. The first kappa shape index (κ1) is 21.8. The van der Waals surface area contributed by atoms with E-state index in [1.54, 1.807) is 7.11 Å². The van der Waals surface area contributed by atoms with Gasteiger partial charge < -0.3 is 19.7 Å². The molecule has 1 heterocycles. The largest absolute Gasteiger partial charge is 0.493 e. The number of benzene rings is 3. The number of ether oxygens (including phenoxy) is 2. The molecule has 3 aromatic rings. The number of anilines is 1. The smallest absolute Gasteiger partial charge is 0.258 e. The van der Waals surface area contributed by atoms with Crippen LogP contribution in [0.15, 0.2) is 72.8 Å². The Morgan fingerprint density at radius 2 is 1.75 bits per heavy atom. The lowest BCUT2D eigenvalue weighted by molar-refractivity contribution is 0.0593. The first-order valence-electron chi connectivity index (χ1n) is 11.1. The molecule has 2 unspecified atom stereocenters. The van der Waals surface area contributed by atoms with Crippen LogP contribution in [0.5, 0.6) is 11.5 Å². The summed E-state index contributed by atoms with van der Waals surface area (Å²) in [5, 5.41) is 3.55. The van der Waals surface area contributed by atoms with Gasteiger partial charge in [-0.3, -0.25) is 4.79 Å². The fourth-order valence-electron chi connectivity index (χ4n) is 4.06. The summed E-state index contributed by atoms with van der Waals surface area (Å²) in [6.45, 7) is 4.74. The van der Waals surface area contributed by atoms with Crippen LogP contribution < -0.4 is 14.8 Å². The maximum Gasteiger partial charge on any atom is 0.258 e. The van der Waals surface area contributed by atoms with Crippen LogP contribution in [0.3, 0.4) is 0 Å². The molecule has 0 bridgehead atoms. The summed E-state index contributed by atoms with van der Waals surface area (Å²) in [4.78, 5) is 15.3. The topological polar surface area (TPSA) is 50.8 Å². The van der Waals surface area contributed by atoms with E-state index in [0.29, 0.717) is 23.7 Å². The van der Waals surface area contributed by atoms with Crippen LogP contribution in [-0.2, 0) is 6.42 Å². The average Bonchev–Trinajstić information content (AvgIpc) is 2.84. The van der Waals surface area contributed by atoms with Gasteiger partial charge in [-0.2, -0.15) is 0 Å². The van der Waals surface area contributed by atoms with Crippen LogP contribution in [0, 0.1) is 0 Å². The number of nitrogens with zero attached hydrogens (tertiary/aromatic N) is 1. The molecule has 5 heteroatoms. The molecule has 1 N–H and O–H groups in total. The van der Waals surface area contributed by atoms with Crippen LogP contribution in [0.2, 0.25) is 0 Å². The maximum atomic E-state index is 13.3. The van der Waals surface area contributed by atoms with Crippen LogP contribution in [0.25, 0.3) is 0 Å². The number of carbonyl (C=O) groups excluding carboxylic acids is 1. The van der Waals surface area contributed by atoms with Crippen molar-refractivity contribution in [1.82, 2.24) is 4.90 Å². The van der Waals surface area contributed by atoms with Gasteiger partial charge in [0.05, 0.1) is 19.3 Å². The quantitative estimate of drug-likeness (QED) is 0.499. The van der Waals surface area contributed by atoms with Crippen molar-refractivity contribution in [3.05, 3.63) is 89.5 Å². The van der Waals surface area contributed by atoms with E-state index < -0.39 is 0 Å². The third kappa shape index (κ3) is 4.42. The zero-order valence-electron chi connectivity index (χ0n) is 18.9. The molecule has 3 aromatic carbocycles. The molecule has 4 rings (SSSR count). The summed E-state index contributed by atoms with van der Waals surface area (Å²) < 4.78 is 11.7. The summed E-state index contributed by atoms with van der Waals surface area (Å²) in [6.07, 6.45) is 1.41. The van der Waals surface area contributed by atoms with Crippen molar-refractivity contribution >= 4 is 11.6 Å². The average molecular weight is 431 g/mol. The Morgan fingerprint density at radius 3 is 2.50 bits per heavy atom. The van der Waals surface area contributed by atoms with E-state index in [4.69, 9.17) is 9.47 Å². The van der Waals surface area contributed by atoms with Gasteiger partial charge in [0, 0.05) is 18.2 Å². The Labute approximate surface area is 190 Å². The molecular formula is C27H30N2O3. The molecule has 0 saturated heterocycles. The van der Waals surface area contributed by atoms with E-state index in [9.17, 15) is 4.79 Å². The third-order valence-corrected chi connectivity index (χ3v) is 6.02. The molecule has 166 valence electrons. The number of carbonyl (C=O) groups is 1. The summed E-state index contributed by atoms with van der Waals surface area (Å²) in [5.74, 6) is 1.40. The molecule has 5 nitrogen and oxygen atoms in total. The highest BCUT2D eigenvalue weighted by molar-refractivity contribution is 6.01. The Kier molecular flexibility index (Phi) is 6.64. The van der Waals surface area contributed by atoms with Crippen molar-refractivity contribution in [2.45, 2.75) is 38.9 Å². The molecule has 1 amide bonds. The minimum atomic E-state index is -0.278. The number of fused-ring (bicyclic) bond motifs is 1. The molecule has 1 aliphatic rings. The van der Waals surface area contributed by atoms with Gasteiger partial charge in [-0.25, -0.2) is 0 Å². The standard InChI is InChI=1S/C27H30N2O3/c1-4-19(2)29-26(28-23-13-9-8-12-22(23)27(29)30)21-14-15-24(25(18-21)31-3)32-17-16-20-10-6-5-7-11-20/h5-15,18-19,26,28H,4,16-17H2,1-3H3. The number of rotatable bonds is 8.